The first-order valence-electron chi connectivity index (χ1n) is 9.52. The zero-order valence-corrected chi connectivity index (χ0v) is 17.9. The second kappa shape index (κ2) is 7.44. The summed E-state index contributed by atoms with van der Waals surface area (Å²) in [5.74, 6) is -0.682. The second-order valence-corrected chi connectivity index (χ2v) is 9.21. The smallest absolute Gasteiger partial charge is 0.268 e. The molecule has 0 aliphatic carbocycles. The summed E-state index contributed by atoms with van der Waals surface area (Å²) in [6.07, 6.45) is 1.48. The van der Waals surface area contributed by atoms with Gasteiger partial charge >= 0.3 is 5.69 Å². The van der Waals surface area contributed by atoms with Gasteiger partial charge in [-0.25, -0.2) is 17.8 Å². The fourth-order valence-corrected chi connectivity index (χ4v) is 5.44. The van der Waals surface area contributed by atoms with Gasteiger partial charge in [0, 0.05) is 22.2 Å². The van der Waals surface area contributed by atoms with Crippen molar-refractivity contribution in [3.8, 4) is 0 Å². The lowest BCUT2D eigenvalue weighted by molar-refractivity contribution is 0.0961. The van der Waals surface area contributed by atoms with Crippen LogP contribution >= 0.6 is 11.6 Å². The molecule has 0 aliphatic heterocycles. The molecule has 0 unspecified atom stereocenters. The van der Waals surface area contributed by atoms with E-state index in [9.17, 15) is 18.0 Å². The van der Waals surface area contributed by atoms with E-state index in [-0.39, 0.29) is 27.0 Å². The normalized spacial score (nSPS) is 11.8. The van der Waals surface area contributed by atoms with Gasteiger partial charge in [-0.2, -0.15) is 3.97 Å². The molecule has 0 bridgehead atoms. The van der Waals surface area contributed by atoms with Gasteiger partial charge in [-0.3, -0.25) is 9.78 Å². The standard InChI is InChI=1S/C23H14ClN3O4S/c24-17-9-3-7-16(14-17)22(28)26-18-10-1-2-11-19(18)27(23(26)29)32(30,31)20-12-4-6-15-8-5-13-25-21(15)20/h1-14H. The minimum absolute atomic E-state index is 0.0841. The molecular weight excluding hydrogens is 450 g/mol. The number of aromatic nitrogens is 3. The lowest BCUT2D eigenvalue weighted by atomic mass is 10.2. The highest BCUT2D eigenvalue weighted by molar-refractivity contribution is 7.90. The SMILES string of the molecule is O=C(c1cccc(Cl)c1)n1c(=O)n(S(=O)(=O)c2cccc3cccnc23)c2ccccc21. The zero-order valence-electron chi connectivity index (χ0n) is 16.3. The third-order valence-electron chi connectivity index (χ3n) is 5.10. The lowest BCUT2D eigenvalue weighted by Crippen LogP contribution is -2.33. The lowest BCUT2D eigenvalue weighted by Gasteiger charge is -2.08. The van der Waals surface area contributed by atoms with Crippen LogP contribution in [-0.2, 0) is 10.0 Å². The molecule has 0 spiro atoms. The summed E-state index contributed by atoms with van der Waals surface area (Å²) in [5.41, 5.74) is -0.351. The van der Waals surface area contributed by atoms with Crippen LogP contribution in [-0.4, -0.2) is 27.8 Å². The van der Waals surface area contributed by atoms with E-state index < -0.39 is 21.6 Å². The largest absolute Gasteiger partial charge is 0.350 e. The molecule has 0 atom stereocenters. The summed E-state index contributed by atoms with van der Waals surface area (Å²) >= 11 is 6.00. The number of benzene rings is 3. The van der Waals surface area contributed by atoms with Crippen molar-refractivity contribution in [2.45, 2.75) is 4.90 Å². The first-order chi connectivity index (χ1) is 15.4. The molecule has 2 aromatic heterocycles. The highest BCUT2D eigenvalue weighted by Gasteiger charge is 2.29. The first kappa shape index (κ1) is 20.2. The Hall–Kier alpha value is -3.75. The van der Waals surface area contributed by atoms with Crippen LogP contribution in [0.3, 0.4) is 0 Å². The van der Waals surface area contributed by atoms with E-state index in [1.165, 1.54) is 36.5 Å². The van der Waals surface area contributed by atoms with Crippen LogP contribution in [0.2, 0.25) is 5.02 Å². The number of para-hydroxylation sites is 3. The monoisotopic (exact) mass is 463 g/mol. The van der Waals surface area contributed by atoms with Crippen molar-refractivity contribution in [3.05, 3.63) is 106 Å². The summed E-state index contributed by atoms with van der Waals surface area (Å²) in [6.45, 7) is 0. The Balaban J connectivity index is 1.82. The van der Waals surface area contributed by atoms with E-state index in [4.69, 9.17) is 11.6 Å². The van der Waals surface area contributed by atoms with Crippen LogP contribution in [0, 0.1) is 0 Å². The molecule has 3 aromatic carbocycles. The van der Waals surface area contributed by atoms with Gasteiger partial charge in [0.25, 0.3) is 15.9 Å². The Morgan fingerprint density at radius 2 is 1.59 bits per heavy atom. The summed E-state index contributed by atoms with van der Waals surface area (Å²) < 4.78 is 28.9. The Morgan fingerprint density at radius 1 is 0.875 bits per heavy atom. The van der Waals surface area contributed by atoms with Gasteiger partial charge in [0.2, 0.25) is 0 Å². The maximum Gasteiger partial charge on any atom is 0.350 e. The molecule has 2 heterocycles. The molecule has 0 radical (unpaired) electrons. The van der Waals surface area contributed by atoms with Crippen molar-refractivity contribution in [2.24, 2.45) is 0 Å². The number of imidazole rings is 1. The van der Waals surface area contributed by atoms with Crippen molar-refractivity contribution < 1.29 is 13.2 Å². The quantitative estimate of drug-likeness (QED) is 0.404. The van der Waals surface area contributed by atoms with E-state index in [0.717, 1.165) is 4.57 Å². The summed E-state index contributed by atoms with van der Waals surface area (Å²) in [6, 6.07) is 20.5. The predicted molar refractivity (Wildman–Crippen MR) is 122 cm³/mol. The van der Waals surface area contributed by atoms with Crippen LogP contribution < -0.4 is 5.69 Å². The van der Waals surface area contributed by atoms with Crippen LogP contribution in [0.15, 0.2) is 94.7 Å². The number of carbonyl (C=O) groups excluding carboxylic acids is 1. The number of hydrogen-bond acceptors (Lipinski definition) is 5. The fraction of sp³-hybridized carbons (Fsp3) is 0. The molecule has 158 valence electrons. The number of nitrogens with zero attached hydrogens (tertiary/aromatic N) is 3. The average molecular weight is 464 g/mol. The van der Waals surface area contributed by atoms with Gasteiger partial charge in [0.1, 0.15) is 4.90 Å². The van der Waals surface area contributed by atoms with Gasteiger partial charge in [0.15, 0.2) is 0 Å². The minimum atomic E-state index is -4.38. The maximum atomic E-state index is 13.7. The van der Waals surface area contributed by atoms with Crippen LogP contribution in [0.5, 0.6) is 0 Å². The number of fused-ring (bicyclic) bond motifs is 2. The molecule has 0 N–H and O–H groups in total. The maximum absolute atomic E-state index is 13.7. The predicted octanol–water partition coefficient (Wildman–Crippen LogP) is 3.93. The summed E-state index contributed by atoms with van der Waals surface area (Å²) in [5, 5.41) is 0.933. The molecule has 0 amide bonds. The highest BCUT2D eigenvalue weighted by Crippen LogP contribution is 2.25. The van der Waals surface area contributed by atoms with Crippen molar-refractivity contribution in [1.82, 2.24) is 13.5 Å². The summed E-state index contributed by atoms with van der Waals surface area (Å²) in [7, 11) is -4.38. The summed E-state index contributed by atoms with van der Waals surface area (Å²) in [4.78, 5) is 30.7. The van der Waals surface area contributed by atoms with Gasteiger partial charge in [0.05, 0.1) is 16.6 Å². The van der Waals surface area contributed by atoms with Crippen molar-refractivity contribution >= 4 is 49.5 Å². The molecule has 0 saturated carbocycles. The molecular formula is C23H14ClN3O4S. The number of hydrogen-bond donors (Lipinski definition) is 0. The number of halogens is 1. The number of carbonyl (C=O) groups is 1. The molecule has 0 aliphatic rings. The number of pyridine rings is 1. The average Bonchev–Trinajstić information content (AvgIpc) is 3.10. The third kappa shape index (κ3) is 3.04. The van der Waals surface area contributed by atoms with E-state index in [1.807, 2.05) is 0 Å². The Bertz CT molecular complexity index is 1700. The molecule has 9 heteroatoms. The Labute approximate surface area is 187 Å². The zero-order chi connectivity index (χ0) is 22.5. The molecule has 0 fully saturated rings. The van der Waals surface area contributed by atoms with Crippen LogP contribution in [0.1, 0.15) is 10.4 Å². The van der Waals surface area contributed by atoms with Crippen molar-refractivity contribution in [2.75, 3.05) is 0 Å². The van der Waals surface area contributed by atoms with Crippen LogP contribution in [0.25, 0.3) is 21.9 Å². The number of rotatable bonds is 3. The molecule has 32 heavy (non-hydrogen) atoms. The first-order valence-corrected chi connectivity index (χ1v) is 11.3. The third-order valence-corrected chi connectivity index (χ3v) is 7.05. The highest BCUT2D eigenvalue weighted by atomic mass is 35.5. The topological polar surface area (TPSA) is 91.0 Å². The van der Waals surface area contributed by atoms with Gasteiger partial charge in [-0.15, -0.1) is 0 Å². The second-order valence-electron chi connectivity index (χ2n) is 7.02. The van der Waals surface area contributed by atoms with Crippen molar-refractivity contribution in [3.63, 3.8) is 0 Å². The van der Waals surface area contributed by atoms with E-state index in [0.29, 0.717) is 14.4 Å². The van der Waals surface area contributed by atoms with E-state index >= 15 is 0 Å². The fourth-order valence-electron chi connectivity index (χ4n) is 3.68. The molecule has 7 nitrogen and oxygen atoms in total. The Kier molecular flexibility index (Phi) is 4.69. The van der Waals surface area contributed by atoms with Gasteiger partial charge < -0.3 is 0 Å². The van der Waals surface area contributed by atoms with Crippen molar-refractivity contribution in [1.29, 1.82) is 0 Å². The van der Waals surface area contributed by atoms with E-state index in [2.05, 4.69) is 4.98 Å². The molecule has 0 saturated heterocycles. The van der Waals surface area contributed by atoms with E-state index in [1.54, 1.807) is 48.5 Å². The minimum Gasteiger partial charge on any atom is -0.268 e. The van der Waals surface area contributed by atoms with Gasteiger partial charge in [-0.1, -0.05) is 48.0 Å². The van der Waals surface area contributed by atoms with Gasteiger partial charge in [-0.05, 0) is 42.5 Å². The molecule has 5 rings (SSSR count). The Morgan fingerprint density at radius 3 is 2.38 bits per heavy atom. The molecule has 5 aromatic rings. The van der Waals surface area contributed by atoms with Crippen LogP contribution in [0.4, 0.5) is 0 Å².